The molecule has 0 amide bonds. The van der Waals surface area contributed by atoms with E-state index in [0.29, 0.717) is 13.2 Å². The minimum Gasteiger partial charge on any atom is -0.491 e. The highest BCUT2D eigenvalue weighted by atomic mass is 19.1. The van der Waals surface area contributed by atoms with Gasteiger partial charge in [0, 0.05) is 57.9 Å². The Morgan fingerprint density at radius 1 is 1.28 bits per heavy atom. The first-order valence-electron chi connectivity index (χ1n) is 13.3. The van der Waals surface area contributed by atoms with Crippen LogP contribution in [0.1, 0.15) is 62.0 Å². The van der Waals surface area contributed by atoms with Gasteiger partial charge >= 0.3 is 0 Å². The van der Waals surface area contributed by atoms with Crippen LogP contribution in [0.5, 0.6) is 5.75 Å². The van der Waals surface area contributed by atoms with Crippen LogP contribution in [0.3, 0.4) is 0 Å². The zero-order valence-corrected chi connectivity index (χ0v) is 21.9. The van der Waals surface area contributed by atoms with Gasteiger partial charge in [0.25, 0.3) is 0 Å². The molecule has 1 aliphatic heterocycles. The minimum atomic E-state index is -0.550. The molecule has 2 aromatic heterocycles. The second kappa shape index (κ2) is 9.82. The lowest BCUT2D eigenvalue weighted by molar-refractivity contribution is 0.162. The summed E-state index contributed by atoms with van der Waals surface area (Å²) in [5.74, 6) is 0.577. The Morgan fingerprint density at radius 3 is 2.78 bits per heavy atom. The van der Waals surface area contributed by atoms with Crippen molar-refractivity contribution in [3.8, 4) is 5.75 Å². The van der Waals surface area contributed by atoms with Crippen LogP contribution in [-0.2, 0) is 25.0 Å². The molecule has 2 aliphatic rings. The number of anilines is 1. The van der Waals surface area contributed by atoms with E-state index in [1.807, 2.05) is 20.2 Å². The molecule has 1 aliphatic carbocycles. The molecule has 7 nitrogen and oxygen atoms in total. The monoisotopic (exact) mass is 493 g/mol. The molecule has 5 rings (SSSR count). The summed E-state index contributed by atoms with van der Waals surface area (Å²) in [5.41, 5.74) is 5.68. The molecule has 1 saturated carbocycles. The molecular formula is C28H37FN6O. The van der Waals surface area contributed by atoms with Crippen molar-refractivity contribution in [3.05, 3.63) is 70.6 Å². The maximum atomic E-state index is 14.2. The van der Waals surface area contributed by atoms with Gasteiger partial charge in [-0.25, -0.2) is 9.37 Å². The molecule has 1 spiro atoms. The molecule has 192 valence electrons. The minimum absolute atomic E-state index is 0.0545. The summed E-state index contributed by atoms with van der Waals surface area (Å²) in [7, 11) is 6.07. The average molecular weight is 494 g/mol. The Kier molecular flexibility index (Phi) is 6.39. The summed E-state index contributed by atoms with van der Waals surface area (Å²) in [6.45, 7) is 6.05. The Balaban J connectivity index is 1.55. The van der Waals surface area contributed by atoms with Crippen molar-refractivity contribution in [3.63, 3.8) is 0 Å². The van der Waals surface area contributed by atoms with Crippen LogP contribution in [0, 0.1) is 5.82 Å². The molecule has 0 radical (unpaired) electrons. The number of aromatic nitrogens is 3. The molecule has 2 atom stereocenters. The van der Waals surface area contributed by atoms with Gasteiger partial charge in [0.05, 0.1) is 25.0 Å². The summed E-state index contributed by atoms with van der Waals surface area (Å²) in [6, 6.07) is 6.07. The first-order chi connectivity index (χ1) is 17.8. The van der Waals surface area contributed by atoms with Gasteiger partial charge in [-0.2, -0.15) is 0 Å². The highest BCUT2D eigenvalue weighted by Gasteiger charge is 2.51. The third-order valence-electron chi connectivity index (χ3n) is 7.33. The molecule has 3 aromatic rings. The molecule has 8 heteroatoms. The van der Waals surface area contributed by atoms with Crippen LogP contribution < -0.4 is 10.1 Å². The quantitative estimate of drug-likeness (QED) is 0.471. The van der Waals surface area contributed by atoms with Crippen molar-refractivity contribution >= 4 is 5.95 Å². The number of imidazole rings is 1. The lowest BCUT2D eigenvalue weighted by Crippen LogP contribution is -2.40. The predicted molar refractivity (Wildman–Crippen MR) is 140 cm³/mol. The molecule has 36 heavy (non-hydrogen) atoms. The van der Waals surface area contributed by atoms with Crippen LogP contribution in [0.15, 0.2) is 36.8 Å². The lowest BCUT2D eigenvalue weighted by Gasteiger charge is -2.40. The second-order valence-electron chi connectivity index (χ2n) is 10.3. The van der Waals surface area contributed by atoms with E-state index in [-0.39, 0.29) is 17.2 Å². The van der Waals surface area contributed by atoms with E-state index in [1.165, 1.54) is 17.3 Å². The first kappa shape index (κ1) is 23.4. The van der Waals surface area contributed by atoms with Crippen LogP contribution in [-0.4, -0.2) is 58.6 Å². The maximum Gasteiger partial charge on any atom is 0.202 e. The summed E-state index contributed by atoms with van der Waals surface area (Å²) < 4.78 is 31.2. The largest absolute Gasteiger partial charge is 0.491 e. The number of fused-ring (bicyclic) bond motifs is 2. The zero-order chi connectivity index (χ0) is 26.3. The van der Waals surface area contributed by atoms with Crippen molar-refractivity contribution < 1.29 is 10.5 Å². The molecule has 0 saturated heterocycles. The van der Waals surface area contributed by atoms with Crippen molar-refractivity contribution in [2.75, 3.05) is 39.6 Å². The van der Waals surface area contributed by atoms with Gasteiger partial charge in [-0.3, -0.25) is 9.88 Å². The summed E-state index contributed by atoms with van der Waals surface area (Å²) in [6.07, 6.45) is 7.23. The van der Waals surface area contributed by atoms with Gasteiger partial charge in [0.1, 0.15) is 0 Å². The van der Waals surface area contributed by atoms with E-state index in [1.54, 1.807) is 12.3 Å². The number of halogens is 1. The molecule has 1 aromatic carbocycles. The summed E-state index contributed by atoms with van der Waals surface area (Å²) in [5, 5.41) is 3.15. The maximum absolute atomic E-state index is 14.2. The molecule has 1 fully saturated rings. The van der Waals surface area contributed by atoms with Crippen molar-refractivity contribution in [2.45, 2.75) is 57.8 Å². The number of hydrogen-bond donors (Lipinski definition) is 1. The van der Waals surface area contributed by atoms with Crippen molar-refractivity contribution in [2.24, 2.45) is 0 Å². The lowest BCUT2D eigenvalue weighted by atomic mass is 9.81. The fourth-order valence-corrected chi connectivity index (χ4v) is 5.52. The highest BCUT2D eigenvalue weighted by Crippen LogP contribution is 2.55. The molecule has 1 N–H and O–H groups in total. The standard InChI is InChI=1S/C28H37FN6O/c1-6-36-25-13-24(32-14-23(25)29)19(2)35-17-22-12-20(15-34-10-9-31-27(34)30-3)11-21(16-33(4)5)26(22)28(18-35)7-8-28/h9-14,19H,6-8,15-18H2,1-5H3,(H,30,31)/i17D/t17-,19?/m0/s1. The van der Waals surface area contributed by atoms with E-state index < -0.39 is 12.3 Å². The summed E-state index contributed by atoms with van der Waals surface area (Å²) >= 11 is 0. The van der Waals surface area contributed by atoms with Gasteiger partial charge in [0.15, 0.2) is 11.6 Å². The molecule has 1 unspecified atom stereocenters. The van der Waals surface area contributed by atoms with Gasteiger partial charge in [-0.15, -0.1) is 0 Å². The Morgan fingerprint density at radius 2 is 2.08 bits per heavy atom. The van der Waals surface area contributed by atoms with E-state index in [2.05, 4.69) is 62.8 Å². The fraction of sp³-hybridized carbons (Fsp3) is 0.500. The van der Waals surface area contributed by atoms with Crippen molar-refractivity contribution in [1.82, 2.24) is 24.3 Å². The van der Waals surface area contributed by atoms with Crippen LogP contribution in [0.25, 0.3) is 0 Å². The number of nitrogens with one attached hydrogen (secondary N) is 1. The molecule has 0 bridgehead atoms. The van der Waals surface area contributed by atoms with Gasteiger partial charge < -0.3 is 19.5 Å². The van der Waals surface area contributed by atoms with Crippen LogP contribution >= 0.6 is 0 Å². The number of benzene rings is 1. The first-order valence-corrected chi connectivity index (χ1v) is 12.7. The van der Waals surface area contributed by atoms with Gasteiger partial charge in [-0.1, -0.05) is 12.1 Å². The number of nitrogens with zero attached hydrogens (tertiary/aromatic N) is 5. The fourth-order valence-electron chi connectivity index (χ4n) is 5.52. The smallest absolute Gasteiger partial charge is 0.202 e. The Hall–Kier alpha value is -2.97. The average Bonchev–Trinajstić information content (AvgIpc) is 3.49. The third kappa shape index (κ3) is 4.72. The van der Waals surface area contributed by atoms with E-state index in [0.717, 1.165) is 48.7 Å². The topological polar surface area (TPSA) is 58.5 Å². The predicted octanol–water partition coefficient (Wildman–Crippen LogP) is 4.58. The normalized spacial score (nSPS) is 19.8. The van der Waals surface area contributed by atoms with Crippen molar-refractivity contribution in [1.29, 1.82) is 0 Å². The molecular weight excluding hydrogens is 455 g/mol. The van der Waals surface area contributed by atoms with Gasteiger partial charge in [-0.05, 0) is 63.0 Å². The Labute approximate surface area is 214 Å². The number of rotatable bonds is 9. The summed E-state index contributed by atoms with van der Waals surface area (Å²) in [4.78, 5) is 13.2. The van der Waals surface area contributed by atoms with E-state index >= 15 is 0 Å². The number of hydrogen-bond acceptors (Lipinski definition) is 6. The van der Waals surface area contributed by atoms with Crippen LogP contribution in [0.2, 0.25) is 0 Å². The third-order valence-corrected chi connectivity index (χ3v) is 7.33. The molecule has 3 heterocycles. The SMILES string of the molecule is [2H][C@H]1c2cc(Cn3ccnc3NC)cc(CN(C)C)c2C2(CC2)CN1C(C)c1cc(OCC)c(F)cn1. The Bertz CT molecular complexity index is 1270. The number of pyridine rings is 1. The highest BCUT2D eigenvalue weighted by molar-refractivity contribution is 5.50. The van der Waals surface area contributed by atoms with Crippen LogP contribution in [0.4, 0.5) is 10.3 Å². The van der Waals surface area contributed by atoms with E-state index in [9.17, 15) is 5.76 Å². The van der Waals surface area contributed by atoms with Gasteiger partial charge in [0.2, 0.25) is 5.95 Å². The number of ether oxygens (including phenoxy) is 1. The zero-order valence-electron chi connectivity index (χ0n) is 22.9. The second-order valence-corrected chi connectivity index (χ2v) is 10.3. The van der Waals surface area contributed by atoms with E-state index in [4.69, 9.17) is 4.74 Å².